The molecule has 1 nitrogen and oxygen atoms in total. The van der Waals surface area contributed by atoms with Crippen molar-refractivity contribution >= 4 is 0 Å². The minimum atomic E-state index is 3.00. The lowest BCUT2D eigenvalue weighted by molar-refractivity contribution is 1.58. The second kappa shape index (κ2) is 5.69. The maximum absolute atomic E-state index is 6.50. The molecule has 0 fully saturated rings. The van der Waals surface area contributed by atoms with Crippen molar-refractivity contribution in [3.8, 4) is 6.57 Å². The summed E-state index contributed by atoms with van der Waals surface area (Å²) in [4.78, 5) is 0. The summed E-state index contributed by atoms with van der Waals surface area (Å²) in [5.41, 5.74) is 0. The Balaban J connectivity index is 0. The fraction of sp³-hybridized carbons (Fsp3) is 0. The Bertz CT molecular complexity index is 14.5. The Kier molecular flexibility index (Phi) is 15.1. The highest BCUT2D eigenvalue weighted by molar-refractivity contribution is 4.22. The second-order valence-corrected chi connectivity index (χ2v) is 0. The van der Waals surface area contributed by atoms with Gasteiger partial charge >= 0.3 is 0 Å². The van der Waals surface area contributed by atoms with Gasteiger partial charge in [0.05, 0.1) is 0 Å². The fourth-order valence-electron chi connectivity index (χ4n) is 0. The standard InChI is InChI=1S/C2H4.CHN/c2*1-2/h1-2H2;1H. The normalized spacial score (nSPS) is 1.50. The van der Waals surface area contributed by atoms with Crippen molar-refractivity contribution in [1.29, 1.82) is 5.26 Å². The molecular weight excluding hydrogens is 50.0 g/mol. The van der Waals surface area contributed by atoms with E-state index in [0.717, 1.165) is 0 Å². The first kappa shape index (κ1) is 10.6. The fourth-order valence-corrected chi connectivity index (χ4v) is 0. The minimum Gasteiger partial charge on any atom is -0.202 e. The molecule has 0 rings (SSSR count). The zero-order valence-corrected chi connectivity index (χ0v) is 2.44. The molecule has 0 amide bonds. The van der Waals surface area contributed by atoms with Gasteiger partial charge in [0.1, 0.15) is 0 Å². The molecular formula is C3H5N. The third-order valence-electron chi connectivity index (χ3n) is 0. The first-order valence-corrected chi connectivity index (χ1v) is 0.758. The van der Waals surface area contributed by atoms with E-state index in [1.165, 1.54) is 0 Å². The quantitative estimate of drug-likeness (QED) is 0.378. The van der Waals surface area contributed by atoms with Crippen molar-refractivity contribution in [2.75, 3.05) is 0 Å². The van der Waals surface area contributed by atoms with E-state index in [-0.39, 0.29) is 0 Å². The Morgan fingerprint density at radius 2 is 1.25 bits per heavy atom. The van der Waals surface area contributed by atoms with Crippen molar-refractivity contribution in [1.82, 2.24) is 0 Å². The zero-order valence-electron chi connectivity index (χ0n) is 2.44. The molecule has 0 aliphatic rings. The van der Waals surface area contributed by atoms with Gasteiger partial charge in [-0.15, -0.1) is 13.2 Å². The molecule has 22 valence electrons. The van der Waals surface area contributed by atoms with Crippen molar-refractivity contribution in [3.63, 3.8) is 0 Å². The summed E-state index contributed by atoms with van der Waals surface area (Å²) in [5, 5.41) is 6.50. The average Bonchev–Trinajstić information content (AvgIpc) is 1.50. The number of hydrogen-bond donors (Lipinski definition) is 0. The summed E-state index contributed by atoms with van der Waals surface area (Å²) in [6.45, 7) is 9.50. The largest absolute Gasteiger partial charge is 0.202 e. The van der Waals surface area contributed by atoms with E-state index in [1.54, 1.807) is 0 Å². The molecule has 0 aromatic heterocycles. The van der Waals surface area contributed by atoms with Crippen LogP contribution in [0.25, 0.3) is 0 Å². The Morgan fingerprint density at radius 3 is 1.25 bits per heavy atom. The minimum absolute atomic E-state index is 3.00. The van der Waals surface area contributed by atoms with Crippen LogP contribution in [0, 0.1) is 11.8 Å². The lowest BCUT2D eigenvalue weighted by Crippen LogP contribution is -0.569. The van der Waals surface area contributed by atoms with Gasteiger partial charge in [-0.1, -0.05) is 0 Å². The molecule has 0 saturated carbocycles. The molecule has 0 aliphatic carbocycles. The maximum atomic E-state index is 6.50. The van der Waals surface area contributed by atoms with E-state index in [1.807, 2.05) is 0 Å². The van der Waals surface area contributed by atoms with Gasteiger partial charge in [-0.25, -0.2) is 5.26 Å². The predicted octanol–water partition coefficient (Wildman–Crippen LogP) is 0.942. The summed E-state index contributed by atoms with van der Waals surface area (Å²) in [6.07, 6.45) is 0. The van der Waals surface area contributed by atoms with Gasteiger partial charge in [0.2, 0.25) is 0 Å². The van der Waals surface area contributed by atoms with Gasteiger partial charge in [-0.3, -0.25) is 0 Å². The Morgan fingerprint density at radius 1 is 1.25 bits per heavy atom. The van der Waals surface area contributed by atoms with Crippen LogP contribution in [-0.2, 0) is 0 Å². The summed E-state index contributed by atoms with van der Waals surface area (Å²) in [7, 11) is 0. The summed E-state index contributed by atoms with van der Waals surface area (Å²) < 4.78 is 0. The van der Waals surface area contributed by atoms with Gasteiger partial charge < -0.3 is 0 Å². The van der Waals surface area contributed by atoms with Crippen molar-refractivity contribution < 1.29 is 0 Å². The lowest BCUT2D eigenvalue weighted by atomic mass is 11.3. The zero-order chi connectivity index (χ0) is 4.00. The van der Waals surface area contributed by atoms with E-state index in [4.69, 9.17) is 5.26 Å². The molecule has 0 unspecified atom stereocenters. The van der Waals surface area contributed by atoms with E-state index >= 15 is 0 Å². The van der Waals surface area contributed by atoms with E-state index in [0.29, 0.717) is 0 Å². The molecule has 0 bridgehead atoms. The van der Waals surface area contributed by atoms with Crippen LogP contribution < -0.4 is 0 Å². The second-order valence-electron chi connectivity index (χ2n) is 0. The Labute approximate surface area is 26.2 Å². The number of nitriles is 1. The van der Waals surface area contributed by atoms with Crippen molar-refractivity contribution in [2.45, 2.75) is 0 Å². The van der Waals surface area contributed by atoms with Crippen LogP contribution in [0.2, 0.25) is 0 Å². The number of nitrogens with zero attached hydrogens (tertiary/aromatic N) is 1. The molecule has 1 heteroatoms. The molecule has 0 heterocycles. The highest BCUT2D eigenvalue weighted by atomic mass is 14.2. The third kappa shape index (κ3) is 0.110. The van der Waals surface area contributed by atoms with Crippen LogP contribution in [0.5, 0.6) is 0 Å². The molecule has 0 aliphatic heterocycles. The molecule has 0 atom stereocenters. The van der Waals surface area contributed by atoms with E-state index in [2.05, 4.69) is 19.7 Å². The van der Waals surface area contributed by atoms with Crippen molar-refractivity contribution in [3.05, 3.63) is 13.2 Å². The Hall–Kier alpha value is -0.770. The van der Waals surface area contributed by atoms with Crippen LogP contribution >= 0.6 is 0 Å². The smallest absolute Gasteiger partial charge is 0.0462 e. The van der Waals surface area contributed by atoms with Gasteiger partial charge in [0.15, 0.2) is 0 Å². The van der Waals surface area contributed by atoms with Crippen LogP contribution in [-0.4, -0.2) is 0 Å². The SMILES string of the molecule is C#N.C=C. The first-order chi connectivity index (χ1) is 2.00. The van der Waals surface area contributed by atoms with Crippen molar-refractivity contribution in [2.24, 2.45) is 0 Å². The van der Waals surface area contributed by atoms with Gasteiger partial charge in [0.25, 0.3) is 0 Å². The van der Waals surface area contributed by atoms with Crippen LogP contribution in [0.3, 0.4) is 0 Å². The topological polar surface area (TPSA) is 23.8 Å². The monoisotopic (exact) mass is 55.0 g/mol. The van der Waals surface area contributed by atoms with Crippen LogP contribution in [0.15, 0.2) is 13.2 Å². The van der Waals surface area contributed by atoms with E-state index in [9.17, 15) is 0 Å². The molecule has 0 saturated heterocycles. The molecule has 0 N–H and O–H groups in total. The summed E-state index contributed by atoms with van der Waals surface area (Å²) >= 11 is 0. The molecule has 4 heavy (non-hydrogen) atoms. The predicted molar refractivity (Wildman–Crippen MR) is 17.9 cm³/mol. The molecule has 0 radical (unpaired) electrons. The average molecular weight is 55.1 g/mol. The molecule has 0 aromatic rings. The van der Waals surface area contributed by atoms with E-state index < -0.39 is 0 Å². The number of rotatable bonds is 0. The molecule has 0 aromatic carbocycles. The third-order valence-corrected chi connectivity index (χ3v) is 0. The highest BCUT2D eigenvalue weighted by Gasteiger charge is 0.601. The maximum Gasteiger partial charge on any atom is 0.0462 e. The van der Waals surface area contributed by atoms with Crippen LogP contribution in [0.4, 0.5) is 0 Å². The summed E-state index contributed by atoms with van der Waals surface area (Å²) in [5.74, 6) is 0. The number of hydrogen-bond acceptors (Lipinski definition) is 1. The lowest BCUT2D eigenvalue weighted by Gasteiger charge is -0.813. The van der Waals surface area contributed by atoms with Gasteiger partial charge in [-0.2, -0.15) is 0 Å². The summed E-state index contributed by atoms with van der Waals surface area (Å²) in [6, 6.07) is 0. The highest BCUT2D eigenvalue weighted by Crippen LogP contribution is 0.862. The van der Waals surface area contributed by atoms with Gasteiger partial charge in [-0.05, 0) is 0 Å². The van der Waals surface area contributed by atoms with Crippen LogP contribution in [0.1, 0.15) is 0 Å². The molecule has 0 spiro atoms. The first-order valence-electron chi connectivity index (χ1n) is 0.758. The van der Waals surface area contributed by atoms with Gasteiger partial charge in [0, 0.05) is 6.57 Å².